The molecule has 0 radical (unpaired) electrons. The van der Waals surface area contributed by atoms with Crippen LogP contribution in [0.3, 0.4) is 0 Å². The van der Waals surface area contributed by atoms with E-state index < -0.39 is 8.07 Å². The van der Waals surface area contributed by atoms with Crippen molar-refractivity contribution in [1.82, 2.24) is 0 Å². The molecule has 0 heterocycles. The molecule has 0 unspecified atom stereocenters. The Morgan fingerprint density at radius 1 is 0.952 bits per heavy atom. The van der Waals surface area contributed by atoms with Crippen LogP contribution in [-0.2, 0) is 6.42 Å². The fraction of sp³-hybridized carbons (Fsp3) is 0.526. The molecule has 21 heavy (non-hydrogen) atoms. The van der Waals surface area contributed by atoms with Crippen molar-refractivity contribution in [3.63, 3.8) is 0 Å². The van der Waals surface area contributed by atoms with Gasteiger partial charge in [-0.1, -0.05) is 64.4 Å². The Kier molecular flexibility index (Phi) is 15.8. The molecule has 0 aliphatic heterocycles. The van der Waals surface area contributed by atoms with Crippen molar-refractivity contribution >= 4 is 8.07 Å². The first kappa shape index (κ1) is 22.9. The number of hydrogen-bond acceptors (Lipinski definition) is 0. The van der Waals surface area contributed by atoms with Gasteiger partial charge < -0.3 is 6.92 Å². The normalized spacial score (nSPS) is 9.57. The molecule has 0 aliphatic rings. The van der Waals surface area contributed by atoms with Gasteiger partial charge in [0, 0.05) is 6.42 Å². The Morgan fingerprint density at radius 3 is 1.81 bits per heavy atom. The number of hydrogen-bond donors (Lipinski definition) is 0. The number of rotatable bonds is 5. The largest absolute Gasteiger partial charge is 1.00 e. The Labute approximate surface area is 146 Å². The predicted octanol–water partition coefficient (Wildman–Crippen LogP) is 2.90. The van der Waals surface area contributed by atoms with Crippen LogP contribution in [0.2, 0.25) is 18.1 Å². The van der Waals surface area contributed by atoms with Gasteiger partial charge in [0.2, 0.25) is 0 Å². The van der Waals surface area contributed by atoms with Crippen LogP contribution in [0.5, 0.6) is 0 Å². The van der Waals surface area contributed by atoms with E-state index in [4.69, 9.17) is 0 Å². The molecule has 0 N–H and O–H groups in total. The second-order valence-electron chi connectivity index (χ2n) is 5.16. The van der Waals surface area contributed by atoms with Crippen LogP contribution in [0.25, 0.3) is 0 Å². The van der Waals surface area contributed by atoms with E-state index in [2.05, 4.69) is 76.4 Å². The van der Waals surface area contributed by atoms with Crippen LogP contribution in [0.15, 0.2) is 30.3 Å². The Morgan fingerprint density at radius 2 is 1.43 bits per heavy atom. The zero-order chi connectivity index (χ0) is 15.3. The maximum atomic E-state index is 3.62. The molecule has 0 aliphatic carbocycles. The molecular weight excluding hydrogens is 263 g/mol. The molecule has 112 valence electrons. The molecular formula is C19H31LiSi. The fourth-order valence-corrected chi connectivity index (χ4v) is 4.44. The summed E-state index contributed by atoms with van der Waals surface area (Å²) in [6, 6.07) is 14.4. The first-order valence-corrected chi connectivity index (χ1v) is 10.6. The molecule has 0 amide bonds. The summed E-state index contributed by atoms with van der Waals surface area (Å²) in [5.41, 5.74) is 4.95. The van der Waals surface area contributed by atoms with Crippen molar-refractivity contribution in [2.45, 2.75) is 65.1 Å². The van der Waals surface area contributed by atoms with E-state index in [9.17, 15) is 0 Å². The first-order chi connectivity index (χ1) is 9.67. The maximum Gasteiger partial charge on any atom is 1.00 e. The smallest absolute Gasteiger partial charge is 0.343 e. The van der Waals surface area contributed by atoms with Crippen molar-refractivity contribution in [2.75, 3.05) is 0 Å². The standard InChI is InChI=1S/C15H22Si.C4H9.Li/c1-4-16(5-2,6-3)14-10-13-15-11-8-7-9-12-15;1-3-4-2;/h7-9,11-12H,4-6,13H2,1-3H3;1,3-4H2,2H3;/q;-1;+1. The summed E-state index contributed by atoms with van der Waals surface area (Å²) in [5, 5.41) is 0. The molecule has 0 aromatic heterocycles. The van der Waals surface area contributed by atoms with Gasteiger partial charge in [-0.05, 0) is 23.7 Å². The van der Waals surface area contributed by atoms with Gasteiger partial charge in [0.05, 0.1) is 0 Å². The molecule has 0 spiro atoms. The van der Waals surface area contributed by atoms with E-state index >= 15 is 0 Å². The van der Waals surface area contributed by atoms with Crippen molar-refractivity contribution in [3.05, 3.63) is 42.8 Å². The van der Waals surface area contributed by atoms with Crippen LogP contribution in [0.4, 0.5) is 0 Å². The monoisotopic (exact) mass is 294 g/mol. The van der Waals surface area contributed by atoms with Crippen LogP contribution in [0.1, 0.15) is 46.1 Å². The maximum absolute atomic E-state index is 3.62. The van der Waals surface area contributed by atoms with Crippen molar-refractivity contribution in [3.8, 4) is 11.5 Å². The average Bonchev–Trinajstić information content (AvgIpc) is 2.53. The molecule has 0 bridgehead atoms. The van der Waals surface area contributed by atoms with Gasteiger partial charge in [0.1, 0.15) is 8.07 Å². The van der Waals surface area contributed by atoms with E-state index in [1.165, 1.54) is 30.1 Å². The van der Waals surface area contributed by atoms with Crippen molar-refractivity contribution in [1.29, 1.82) is 0 Å². The summed E-state index contributed by atoms with van der Waals surface area (Å²) in [6.45, 7) is 12.6. The third kappa shape index (κ3) is 10.0. The summed E-state index contributed by atoms with van der Waals surface area (Å²) < 4.78 is 0. The minimum Gasteiger partial charge on any atom is -0.343 e. The molecule has 0 fully saturated rings. The molecule has 1 aromatic carbocycles. The Balaban J connectivity index is 0. The summed E-state index contributed by atoms with van der Waals surface area (Å²) in [5.74, 6) is 3.41. The zero-order valence-electron chi connectivity index (χ0n) is 14.8. The SMILES string of the molecule is CC[Si](C#CCc1ccccc1)(CC)CC.[CH2-]CCC.[Li+]. The van der Waals surface area contributed by atoms with Crippen LogP contribution in [-0.4, -0.2) is 8.07 Å². The van der Waals surface area contributed by atoms with Gasteiger partial charge in [-0.3, -0.25) is 0 Å². The van der Waals surface area contributed by atoms with Crippen LogP contribution >= 0.6 is 0 Å². The number of benzene rings is 1. The van der Waals surface area contributed by atoms with Gasteiger partial charge in [-0.2, -0.15) is 6.42 Å². The quantitative estimate of drug-likeness (QED) is 0.445. The van der Waals surface area contributed by atoms with Gasteiger partial charge in [0.15, 0.2) is 0 Å². The fourth-order valence-electron chi connectivity index (χ4n) is 1.94. The summed E-state index contributed by atoms with van der Waals surface area (Å²) in [4.78, 5) is 0. The van der Waals surface area contributed by atoms with Crippen molar-refractivity contribution < 1.29 is 18.9 Å². The molecule has 0 saturated carbocycles. The molecule has 0 atom stereocenters. The topological polar surface area (TPSA) is 0 Å². The van der Waals surface area contributed by atoms with Crippen LogP contribution < -0.4 is 18.9 Å². The van der Waals surface area contributed by atoms with E-state index in [0.717, 1.165) is 12.8 Å². The third-order valence-corrected chi connectivity index (χ3v) is 8.64. The number of unbranched alkanes of at least 4 members (excludes halogenated alkanes) is 1. The van der Waals surface area contributed by atoms with E-state index in [-0.39, 0.29) is 18.9 Å². The van der Waals surface area contributed by atoms with E-state index in [1.807, 2.05) is 0 Å². The molecule has 2 heteroatoms. The van der Waals surface area contributed by atoms with Gasteiger partial charge >= 0.3 is 18.9 Å². The summed E-state index contributed by atoms with van der Waals surface area (Å²) >= 11 is 0. The third-order valence-electron chi connectivity index (χ3n) is 3.87. The van der Waals surface area contributed by atoms with Gasteiger partial charge in [-0.15, -0.1) is 11.5 Å². The molecule has 0 nitrogen and oxygen atoms in total. The van der Waals surface area contributed by atoms with Gasteiger partial charge in [-0.25, -0.2) is 0 Å². The molecule has 0 saturated heterocycles. The zero-order valence-corrected chi connectivity index (χ0v) is 15.8. The second kappa shape index (κ2) is 14.5. The van der Waals surface area contributed by atoms with Crippen molar-refractivity contribution in [2.24, 2.45) is 0 Å². The van der Waals surface area contributed by atoms with Gasteiger partial charge in [0.25, 0.3) is 0 Å². The minimum atomic E-state index is -1.23. The second-order valence-corrected chi connectivity index (χ2v) is 10.1. The van der Waals surface area contributed by atoms with Crippen LogP contribution in [0, 0.1) is 18.4 Å². The minimum absolute atomic E-state index is 0. The Bertz CT molecular complexity index is 375. The Hall–Kier alpha value is -0.406. The summed E-state index contributed by atoms with van der Waals surface area (Å²) in [7, 11) is -1.23. The van der Waals surface area contributed by atoms with E-state index in [1.54, 1.807) is 0 Å². The molecule has 1 aromatic rings. The first-order valence-electron chi connectivity index (χ1n) is 8.01. The average molecular weight is 294 g/mol. The summed E-state index contributed by atoms with van der Waals surface area (Å²) in [6.07, 6.45) is 3.19. The predicted molar refractivity (Wildman–Crippen MR) is 95.4 cm³/mol. The van der Waals surface area contributed by atoms with E-state index in [0.29, 0.717) is 0 Å². The molecule has 1 rings (SSSR count).